The second-order valence-corrected chi connectivity index (χ2v) is 7.48. The van der Waals surface area contributed by atoms with Crippen molar-refractivity contribution in [1.29, 1.82) is 0 Å². The summed E-state index contributed by atoms with van der Waals surface area (Å²) in [5.74, 6) is -2.62. The SMILES string of the molecule is O=C(Nc1scc(-c2ccc(Cl)cc2)c1C(=O)O)c1cc(Br)ccc1F. The quantitative estimate of drug-likeness (QED) is 0.514. The fraction of sp³-hybridized carbons (Fsp3) is 0. The van der Waals surface area contributed by atoms with Crippen LogP contribution in [0.4, 0.5) is 9.39 Å². The Hall–Kier alpha value is -2.22. The summed E-state index contributed by atoms with van der Waals surface area (Å²) in [5, 5.41) is 14.4. The number of carboxylic acid groups (broad SMARTS) is 1. The van der Waals surface area contributed by atoms with Crippen molar-refractivity contribution < 1.29 is 19.1 Å². The number of carbonyl (C=O) groups is 2. The summed E-state index contributed by atoms with van der Waals surface area (Å²) in [5.41, 5.74) is 0.861. The molecule has 2 aromatic carbocycles. The molecule has 0 unspecified atom stereocenters. The molecule has 0 saturated heterocycles. The van der Waals surface area contributed by atoms with Gasteiger partial charge in [-0.1, -0.05) is 39.7 Å². The van der Waals surface area contributed by atoms with E-state index in [1.54, 1.807) is 29.6 Å². The van der Waals surface area contributed by atoms with E-state index in [9.17, 15) is 19.1 Å². The maximum atomic E-state index is 13.9. The number of halogens is 3. The summed E-state index contributed by atoms with van der Waals surface area (Å²) in [6, 6.07) is 10.6. The Bertz CT molecular complexity index is 1000. The highest BCUT2D eigenvalue weighted by Crippen LogP contribution is 2.36. The predicted octanol–water partition coefficient (Wildman–Crippen LogP) is 5.92. The lowest BCUT2D eigenvalue weighted by Gasteiger charge is -2.07. The van der Waals surface area contributed by atoms with E-state index < -0.39 is 17.7 Å². The van der Waals surface area contributed by atoms with Gasteiger partial charge in [0.05, 0.1) is 5.56 Å². The molecule has 2 N–H and O–H groups in total. The highest BCUT2D eigenvalue weighted by atomic mass is 79.9. The van der Waals surface area contributed by atoms with Gasteiger partial charge in [-0.05, 0) is 35.9 Å². The van der Waals surface area contributed by atoms with Crippen LogP contribution in [0.5, 0.6) is 0 Å². The molecule has 0 atom stereocenters. The van der Waals surface area contributed by atoms with Crippen molar-refractivity contribution in [1.82, 2.24) is 0 Å². The molecule has 0 saturated carbocycles. The topological polar surface area (TPSA) is 66.4 Å². The first-order chi connectivity index (χ1) is 12.4. The van der Waals surface area contributed by atoms with Crippen molar-refractivity contribution >= 4 is 55.7 Å². The monoisotopic (exact) mass is 453 g/mol. The molecule has 132 valence electrons. The molecule has 1 aromatic heterocycles. The number of carbonyl (C=O) groups excluding carboxylic acids is 1. The summed E-state index contributed by atoms with van der Waals surface area (Å²) in [7, 11) is 0. The molecule has 0 bridgehead atoms. The van der Waals surface area contributed by atoms with E-state index in [-0.39, 0.29) is 16.1 Å². The Morgan fingerprint density at radius 3 is 2.50 bits per heavy atom. The number of hydrogen-bond acceptors (Lipinski definition) is 3. The number of rotatable bonds is 4. The van der Waals surface area contributed by atoms with Crippen LogP contribution >= 0.6 is 38.9 Å². The van der Waals surface area contributed by atoms with Crippen molar-refractivity contribution in [2.24, 2.45) is 0 Å². The second kappa shape index (κ2) is 7.57. The van der Waals surface area contributed by atoms with E-state index in [1.165, 1.54) is 12.1 Å². The largest absolute Gasteiger partial charge is 0.478 e. The molecule has 1 amide bonds. The van der Waals surface area contributed by atoms with Gasteiger partial charge in [0.1, 0.15) is 16.4 Å². The van der Waals surface area contributed by atoms with Gasteiger partial charge >= 0.3 is 5.97 Å². The Kier molecular flexibility index (Phi) is 5.41. The number of benzene rings is 2. The minimum Gasteiger partial charge on any atom is -0.478 e. The molecule has 0 aliphatic carbocycles. The van der Waals surface area contributed by atoms with Crippen molar-refractivity contribution in [3.05, 3.63) is 74.3 Å². The van der Waals surface area contributed by atoms with Crippen molar-refractivity contribution in [2.45, 2.75) is 0 Å². The first-order valence-electron chi connectivity index (χ1n) is 7.24. The number of carboxylic acids is 1. The lowest BCUT2D eigenvalue weighted by Crippen LogP contribution is -2.15. The van der Waals surface area contributed by atoms with Crippen LogP contribution in [0.2, 0.25) is 5.02 Å². The van der Waals surface area contributed by atoms with E-state index in [0.29, 0.717) is 20.6 Å². The maximum absolute atomic E-state index is 13.9. The number of amides is 1. The maximum Gasteiger partial charge on any atom is 0.339 e. The summed E-state index contributed by atoms with van der Waals surface area (Å²) in [4.78, 5) is 24.1. The van der Waals surface area contributed by atoms with Crippen LogP contribution in [0.25, 0.3) is 11.1 Å². The summed E-state index contributed by atoms with van der Waals surface area (Å²) < 4.78 is 14.4. The van der Waals surface area contributed by atoms with Crippen LogP contribution in [-0.4, -0.2) is 17.0 Å². The Morgan fingerprint density at radius 2 is 1.85 bits per heavy atom. The van der Waals surface area contributed by atoms with Crippen LogP contribution in [-0.2, 0) is 0 Å². The van der Waals surface area contributed by atoms with E-state index in [2.05, 4.69) is 21.2 Å². The van der Waals surface area contributed by atoms with Gasteiger partial charge in [-0.2, -0.15) is 0 Å². The highest BCUT2D eigenvalue weighted by molar-refractivity contribution is 9.10. The van der Waals surface area contributed by atoms with Crippen LogP contribution < -0.4 is 5.32 Å². The molecule has 26 heavy (non-hydrogen) atoms. The fourth-order valence-corrected chi connectivity index (χ4v) is 3.79. The van der Waals surface area contributed by atoms with Crippen LogP contribution in [0.1, 0.15) is 20.7 Å². The molecule has 3 rings (SSSR count). The van der Waals surface area contributed by atoms with Gasteiger partial charge in [0, 0.05) is 20.4 Å². The standard InChI is InChI=1S/C18H10BrClFNO3S/c19-10-3-6-14(21)12(7-10)16(23)22-17-15(18(24)25)13(8-26-17)9-1-4-11(20)5-2-9/h1-8H,(H,22,23)(H,24,25). The van der Waals surface area contributed by atoms with Crippen molar-refractivity contribution in [2.75, 3.05) is 5.32 Å². The summed E-state index contributed by atoms with van der Waals surface area (Å²) in [6.45, 7) is 0. The molecule has 0 radical (unpaired) electrons. The van der Waals surface area contributed by atoms with Crippen LogP contribution in [0, 0.1) is 5.82 Å². The average Bonchev–Trinajstić information content (AvgIpc) is 3.01. The second-order valence-electron chi connectivity index (χ2n) is 5.24. The third-order valence-electron chi connectivity index (χ3n) is 3.56. The van der Waals surface area contributed by atoms with Gasteiger partial charge in [-0.15, -0.1) is 11.3 Å². The van der Waals surface area contributed by atoms with Crippen LogP contribution in [0.3, 0.4) is 0 Å². The first kappa shape index (κ1) is 18.6. The smallest absolute Gasteiger partial charge is 0.339 e. The third-order valence-corrected chi connectivity index (χ3v) is 5.20. The lowest BCUT2D eigenvalue weighted by molar-refractivity contribution is 0.0699. The Morgan fingerprint density at radius 1 is 1.15 bits per heavy atom. The molecular weight excluding hydrogens is 445 g/mol. The zero-order valence-corrected chi connectivity index (χ0v) is 16.1. The molecule has 0 aliphatic heterocycles. The number of anilines is 1. The van der Waals surface area contributed by atoms with E-state index in [0.717, 1.165) is 17.4 Å². The number of nitrogens with one attached hydrogen (secondary N) is 1. The summed E-state index contributed by atoms with van der Waals surface area (Å²) >= 11 is 10.1. The molecule has 0 spiro atoms. The minimum absolute atomic E-state index is 0.0546. The lowest BCUT2D eigenvalue weighted by atomic mass is 10.0. The van der Waals surface area contributed by atoms with Crippen molar-refractivity contribution in [3.8, 4) is 11.1 Å². The molecule has 0 fully saturated rings. The Balaban J connectivity index is 1.98. The van der Waals surface area contributed by atoms with Gasteiger partial charge < -0.3 is 10.4 Å². The summed E-state index contributed by atoms with van der Waals surface area (Å²) in [6.07, 6.45) is 0. The van der Waals surface area contributed by atoms with Gasteiger partial charge in [-0.25, -0.2) is 9.18 Å². The Labute approximate surface area is 165 Å². The van der Waals surface area contributed by atoms with Crippen molar-refractivity contribution in [3.63, 3.8) is 0 Å². The molecule has 4 nitrogen and oxygen atoms in total. The molecule has 0 aliphatic rings. The zero-order valence-electron chi connectivity index (χ0n) is 12.9. The van der Waals surface area contributed by atoms with E-state index >= 15 is 0 Å². The van der Waals surface area contributed by atoms with Gasteiger partial charge in [0.25, 0.3) is 5.91 Å². The number of thiophene rings is 1. The minimum atomic E-state index is -1.19. The average molecular weight is 455 g/mol. The third kappa shape index (κ3) is 3.80. The number of aromatic carboxylic acids is 1. The van der Waals surface area contributed by atoms with E-state index in [4.69, 9.17) is 11.6 Å². The number of hydrogen-bond donors (Lipinski definition) is 2. The van der Waals surface area contributed by atoms with Crippen LogP contribution in [0.15, 0.2) is 52.3 Å². The molecule has 3 aromatic rings. The normalized spacial score (nSPS) is 10.6. The highest BCUT2D eigenvalue weighted by Gasteiger charge is 2.22. The molecular formula is C18H10BrClFNO3S. The predicted molar refractivity (Wildman–Crippen MR) is 104 cm³/mol. The fourth-order valence-electron chi connectivity index (χ4n) is 2.35. The van der Waals surface area contributed by atoms with Gasteiger partial charge in [0.2, 0.25) is 0 Å². The first-order valence-corrected chi connectivity index (χ1v) is 9.29. The zero-order chi connectivity index (χ0) is 18.8. The van der Waals surface area contributed by atoms with Gasteiger partial charge in [-0.3, -0.25) is 4.79 Å². The molecule has 8 heteroatoms. The van der Waals surface area contributed by atoms with Gasteiger partial charge in [0.15, 0.2) is 0 Å². The van der Waals surface area contributed by atoms with E-state index in [1.807, 2.05) is 0 Å². The molecule has 1 heterocycles.